The predicted octanol–water partition coefficient (Wildman–Crippen LogP) is 2.04. The first kappa shape index (κ1) is 16.4. The molecule has 1 aliphatic heterocycles. The molecule has 24 heavy (non-hydrogen) atoms. The summed E-state index contributed by atoms with van der Waals surface area (Å²) in [5, 5.41) is 7.83. The van der Waals surface area contributed by atoms with Crippen LogP contribution in [0, 0.1) is 18.7 Å². The van der Waals surface area contributed by atoms with Crippen LogP contribution < -0.4 is 4.90 Å². The molecule has 0 spiro atoms. The molecule has 2 aromatic rings. The minimum Gasteiger partial charge on any atom is -0.408 e. The molecule has 128 valence electrons. The van der Waals surface area contributed by atoms with Crippen LogP contribution in [0.5, 0.6) is 0 Å². The lowest BCUT2D eigenvalue weighted by Gasteiger charge is -2.35. The van der Waals surface area contributed by atoms with E-state index in [9.17, 15) is 9.18 Å². The van der Waals surface area contributed by atoms with Gasteiger partial charge in [0.05, 0.1) is 0 Å². The number of aryl methyl sites for hydroxylation is 1. The van der Waals surface area contributed by atoms with Gasteiger partial charge in [-0.2, -0.15) is 0 Å². The van der Waals surface area contributed by atoms with Crippen molar-refractivity contribution in [2.24, 2.45) is 5.92 Å². The summed E-state index contributed by atoms with van der Waals surface area (Å²) < 4.78 is 19.2. The maximum Gasteiger partial charge on any atom is 0.318 e. The topological polar surface area (TPSA) is 62.5 Å². The molecule has 1 aromatic carbocycles. The number of anilines is 1. The number of amides is 1. The van der Waals surface area contributed by atoms with Crippen molar-refractivity contribution in [3.05, 3.63) is 41.5 Å². The second-order valence-corrected chi connectivity index (χ2v) is 6.11. The molecule has 1 unspecified atom stereocenters. The van der Waals surface area contributed by atoms with E-state index in [0.29, 0.717) is 50.1 Å². The molecule has 1 saturated heterocycles. The largest absolute Gasteiger partial charge is 0.408 e. The molecule has 7 heteroatoms. The Labute approximate surface area is 140 Å². The Kier molecular flexibility index (Phi) is 4.78. The van der Waals surface area contributed by atoms with Gasteiger partial charge in [0.15, 0.2) is 0 Å². The Morgan fingerprint density at radius 3 is 2.58 bits per heavy atom. The molecule has 2 heterocycles. The number of carbonyl (C=O) groups excluding carboxylic acids is 1. The standard InChI is InChI=1S/C17H21FN4O2/c1-12(11-14-5-3-4-6-15(14)18)16(23)21-7-9-22(10-8-21)17-20-19-13(2)24-17/h3-6,12H,7-11H2,1-2H3. The Morgan fingerprint density at radius 2 is 1.96 bits per heavy atom. The third-order valence-corrected chi connectivity index (χ3v) is 4.28. The van der Waals surface area contributed by atoms with Crippen molar-refractivity contribution >= 4 is 11.9 Å². The number of piperazine rings is 1. The number of hydrogen-bond acceptors (Lipinski definition) is 5. The quantitative estimate of drug-likeness (QED) is 0.857. The molecule has 0 radical (unpaired) electrons. The number of benzene rings is 1. The number of nitrogens with zero attached hydrogens (tertiary/aromatic N) is 4. The van der Waals surface area contributed by atoms with E-state index < -0.39 is 0 Å². The van der Waals surface area contributed by atoms with E-state index in [1.807, 2.05) is 16.7 Å². The van der Waals surface area contributed by atoms with Gasteiger partial charge in [-0.1, -0.05) is 30.2 Å². The molecule has 6 nitrogen and oxygen atoms in total. The van der Waals surface area contributed by atoms with Crippen molar-refractivity contribution in [2.45, 2.75) is 20.3 Å². The van der Waals surface area contributed by atoms with Gasteiger partial charge in [-0.05, 0) is 18.1 Å². The number of hydrogen-bond donors (Lipinski definition) is 0. The van der Waals surface area contributed by atoms with Gasteiger partial charge in [0.25, 0.3) is 0 Å². The molecule has 0 N–H and O–H groups in total. The lowest BCUT2D eigenvalue weighted by atomic mass is 9.99. The minimum atomic E-state index is -0.256. The molecular formula is C17H21FN4O2. The van der Waals surface area contributed by atoms with Crippen LogP contribution in [0.25, 0.3) is 0 Å². The predicted molar refractivity (Wildman–Crippen MR) is 87.1 cm³/mol. The molecule has 0 saturated carbocycles. The Balaban J connectivity index is 1.55. The van der Waals surface area contributed by atoms with Gasteiger partial charge < -0.3 is 14.2 Å². The zero-order valence-electron chi connectivity index (χ0n) is 13.9. The second-order valence-electron chi connectivity index (χ2n) is 6.11. The average Bonchev–Trinajstić information content (AvgIpc) is 3.03. The molecule has 1 aliphatic rings. The highest BCUT2D eigenvalue weighted by Crippen LogP contribution is 2.18. The summed E-state index contributed by atoms with van der Waals surface area (Å²) in [6, 6.07) is 7.11. The van der Waals surface area contributed by atoms with Crippen molar-refractivity contribution in [3.63, 3.8) is 0 Å². The van der Waals surface area contributed by atoms with Gasteiger partial charge in [-0.15, -0.1) is 5.10 Å². The maximum absolute atomic E-state index is 13.7. The smallest absolute Gasteiger partial charge is 0.318 e. The molecule has 1 fully saturated rings. The van der Waals surface area contributed by atoms with Crippen molar-refractivity contribution in [1.29, 1.82) is 0 Å². The zero-order valence-corrected chi connectivity index (χ0v) is 13.9. The lowest BCUT2D eigenvalue weighted by molar-refractivity contribution is -0.135. The van der Waals surface area contributed by atoms with Crippen LogP contribution in [0.4, 0.5) is 10.4 Å². The Morgan fingerprint density at radius 1 is 1.25 bits per heavy atom. The van der Waals surface area contributed by atoms with Crippen molar-refractivity contribution in [2.75, 3.05) is 31.1 Å². The fourth-order valence-corrected chi connectivity index (χ4v) is 2.92. The van der Waals surface area contributed by atoms with Crippen LogP contribution >= 0.6 is 0 Å². The van der Waals surface area contributed by atoms with Crippen molar-refractivity contribution in [3.8, 4) is 0 Å². The summed E-state index contributed by atoms with van der Waals surface area (Å²) in [5.41, 5.74) is 0.582. The van der Waals surface area contributed by atoms with Crippen LogP contribution in [0.1, 0.15) is 18.4 Å². The molecule has 3 rings (SSSR count). The van der Waals surface area contributed by atoms with Crippen LogP contribution in [-0.4, -0.2) is 47.2 Å². The maximum atomic E-state index is 13.7. The van der Waals surface area contributed by atoms with E-state index in [1.165, 1.54) is 6.07 Å². The Hall–Kier alpha value is -2.44. The lowest BCUT2D eigenvalue weighted by Crippen LogP contribution is -2.50. The average molecular weight is 332 g/mol. The van der Waals surface area contributed by atoms with Crippen LogP contribution in [0.2, 0.25) is 0 Å². The fourth-order valence-electron chi connectivity index (χ4n) is 2.92. The summed E-state index contributed by atoms with van der Waals surface area (Å²) in [4.78, 5) is 16.4. The highest BCUT2D eigenvalue weighted by Gasteiger charge is 2.27. The minimum absolute atomic E-state index is 0.0552. The number of carbonyl (C=O) groups is 1. The molecule has 1 atom stereocenters. The van der Waals surface area contributed by atoms with Gasteiger partial charge in [0.1, 0.15) is 5.82 Å². The SMILES string of the molecule is Cc1nnc(N2CCN(C(=O)C(C)Cc3ccccc3F)CC2)o1. The van der Waals surface area contributed by atoms with Crippen molar-refractivity contribution < 1.29 is 13.6 Å². The number of aromatic nitrogens is 2. The summed E-state index contributed by atoms with van der Waals surface area (Å²) in [6.45, 7) is 6.10. The molecule has 0 bridgehead atoms. The summed E-state index contributed by atoms with van der Waals surface area (Å²) >= 11 is 0. The van der Waals surface area contributed by atoms with E-state index in [-0.39, 0.29) is 17.6 Å². The van der Waals surface area contributed by atoms with E-state index in [1.54, 1.807) is 25.1 Å². The van der Waals surface area contributed by atoms with Gasteiger partial charge in [0, 0.05) is 39.0 Å². The van der Waals surface area contributed by atoms with Gasteiger partial charge >= 0.3 is 6.01 Å². The molecule has 0 aliphatic carbocycles. The van der Waals surface area contributed by atoms with Crippen LogP contribution in [0.3, 0.4) is 0 Å². The van der Waals surface area contributed by atoms with E-state index >= 15 is 0 Å². The van der Waals surface area contributed by atoms with Crippen molar-refractivity contribution in [1.82, 2.24) is 15.1 Å². The third kappa shape index (κ3) is 3.55. The van der Waals surface area contributed by atoms with Gasteiger partial charge in [0.2, 0.25) is 11.8 Å². The monoisotopic (exact) mass is 332 g/mol. The zero-order chi connectivity index (χ0) is 17.1. The van der Waals surface area contributed by atoms with E-state index in [4.69, 9.17) is 4.42 Å². The first-order valence-electron chi connectivity index (χ1n) is 8.12. The normalized spacial score (nSPS) is 16.3. The molecule has 1 amide bonds. The first-order valence-corrected chi connectivity index (χ1v) is 8.12. The van der Waals surface area contributed by atoms with Gasteiger partial charge in [-0.3, -0.25) is 4.79 Å². The number of rotatable bonds is 4. The van der Waals surface area contributed by atoms with Crippen LogP contribution in [0.15, 0.2) is 28.7 Å². The molecule has 1 aromatic heterocycles. The summed E-state index contributed by atoms with van der Waals surface area (Å²) in [5.74, 6) is 0.0782. The molecular weight excluding hydrogens is 311 g/mol. The van der Waals surface area contributed by atoms with E-state index in [0.717, 1.165) is 0 Å². The highest BCUT2D eigenvalue weighted by molar-refractivity contribution is 5.79. The van der Waals surface area contributed by atoms with Crippen LogP contribution in [-0.2, 0) is 11.2 Å². The first-order chi connectivity index (χ1) is 11.5. The highest BCUT2D eigenvalue weighted by atomic mass is 19.1. The summed E-state index contributed by atoms with van der Waals surface area (Å²) in [6.07, 6.45) is 0.411. The number of halogens is 1. The second kappa shape index (κ2) is 6.98. The third-order valence-electron chi connectivity index (χ3n) is 4.28. The Bertz CT molecular complexity index is 710. The fraction of sp³-hybridized carbons (Fsp3) is 0.471. The van der Waals surface area contributed by atoms with E-state index in [2.05, 4.69) is 10.2 Å². The van der Waals surface area contributed by atoms with Gasteiger partial charge in [-0.25, -0.2) is 4.39 Å². The summed E-state index contributed by atoms with van der Waals surface area (Å²) in [7, 11) is 0.